The Morgan fingerprint density at radius 2 is 2.15 bits per heavy atom. The Hall–Kier alpha value is -1.10. The van der Waals surface area contributed by atoms with Gasteiger partial charge in [-0.25, -0.2) is 0 Å². The molecule has 5 heteroatoms. The van der Waals surface area contributed by atoms with Crippen LogP contribution < -0.4 is 11.1 Å². The molecule has 0 radical (unpaired) electrons. The third kappa shape index (κ3) is 4.20. The first-order valence-electron chi connectivity index (χ1n) is 6.99. The molecule has 1 aromatic rings. The summed E-state index contributed by atoms with van der Waals surface area (Å²) in [4.78, 5) is 12.2. The lowest BCUT2D eigenvalue weighted by Crippen LogP contribution is -2.30. The van der Waals surface area contributed by atoms with Gasteiger partial charge in [0.05, 0.1) is 6.10 Å². The minimum Gasteiger partial charge on any atom is -0.364 e. The Kier molecular flexibility index (Phi) is 6.99. The molecule has 3 N–H and O–H groups in total. The molecule has 0 bridgehead atoms. The second-order valence-electron chi connectivity index (χ2n) is 4.96. The molecule has 112 valence electrons. The van der Waals surface area contributed by atoms with E-state index in [1.54, 1.807) is 0 Å². The number of carbonyl (C=O) groups excluding carboxylic acids is 1. The highest BCUT2D eigenvalue weighted by Crippen LogP contribution is 2.22. The zero-order chi connectivity index (χ0) is 13.7. The summed E-state index contributed by atoms with van der Waals surface area (Å²) in [5.41, 5.74) is 7.63. The monoisotopic (exact) mass is 298 g/mol. The van der Waals surface area contributed by atoms with Crippen molar-refractivity contribution < 1.29 is 9.53 Å². The molecular weight excluding hydrogens is 276 g/mol. The maximum atomic E-state index is 12.2. The number of rotatable bonds is 5. The third-order valence-electron chi connectivity index (χ3n) is 3.46. The van der Waals surface area contributed by atoms with Gasteiger partial charge in [0.15, 0.2) is 0 Å². The van der Waals surface area contributed by atoms with Crippen LogP contribution in [0.1, 0.15) is 31.7 Å². The van der Waals surface area contributed by atoms with Gasteiger partial charge in [-0.2, -0.15) is 0 Å². The molecule has 1 amide bonds. The van der Waals surface area contributed by atoms with E-state index in [1.165, 1.54) is 5.56 Å². The Bertz CT molecular complexity index is 440. The number of carbonyl (C=O) groups is 1. The number of nitrogens with two attached hydrogens (primary N) is 1. The Balaban J connectivity index is 0.00000200. The van der Waals surface area contributed by atoms with Crippen LogP contribution >= 0.6 is 12.4 Å². The largest absolute Gasteiger partial charge is 0.364 e. The van der Waals surface area contributed by atoms with E-state index < -0.39 is 0 Å². The normalized spacial score (nSPS) is 21.3. The van der Waals surface area contributed by atoms with Gasteiger partial charge in [-0.1, -0.05) is 31.5 Å². The zero-order valence-electron chi connectivity index (χ0n) is 11.8. The molecular formula is C15H23ClN2O2. The maximum absolute atomic E-state index is 12.2. The maximum Gasteiger partial charge on any atom is 0.253 e. The zero-order valence-corrected chi connectivity index (χ0v) is 12.6. The molecule has 1 fully saturated rings. The number of nitrogens with one attached hydrogen (secondary N) is 1. The summed E-state index contributed by atoms with van der Waals surface area (Å²) in [5, 5.41) is 2.98. The van der Waals surface area contributed by atoms with Crippen molar-refractivity contribution in [3.63, 3.8) is 0 Å². The van der Waals surface area contributed by atoms with E-state index in [9.17, 15) is 4.79 Å². The van der Waals surface area contributed by atoms with Crippen LogP contribution in [0, 0.1) is 0 Å². The summed E-state index contributed by atoms with van der Waals surface area (Å²) in [7, 11) is 0. The smallest absolute Gasteiger partial charge is 0.253 e. The van der Waals surface area contributed by atoms with Crippen molar-refractivity contribution in [2.75, 3.05) is 11.9 Å². The number of hydrogen-bond acceptors (Lipinski definition) is 3. The SMILES string of the molecule is CCCc1ccccc1NC(=O)[C@@H]1CC[C@H](CN)O1.Cl. The van der Waals surface area contributed by atoms with Crippen molar-refractivity contribution in [1.29, 1.82) is 0 Å². The summed E-state index contributed by atoms with van der Waals surface area (Å²) in [6, 6.07) is 7.93. The molecule has 0 aromatic heterocycles. The van der Waals surface area contributed by atoms with Crippen LogP contribution in [-0.4, -0.2) is 24.7 Å². The molecule has 1 heterocycles. The molecule has 2 rings (SSSR count). The van der Waals surface area contributed by atoms with Crippen LogP contribution in [0.3, 0.4) is 0 Å². The van der Waals surface area contributed by atoms with Crippen LogP contribution in [0.2, 0.25) is 0 Å². The minimum atomic E-state index is -0.358. The van der Waals surface area contributed by atoms with Gasteiger partial charge in [0, 0.05) is 12.2 Å². The van der Waals surface area contributed by atoms with Gasteiger partial charge in [-0.3, -0.25) is 4.79 Å². The number of aryl methyl sites for hydroxylation is 1. The number of anilines is 1. The standard InChI is InChI=1S/C15H22N2O2.ClH/c1-2-5-11-6-3-4-7-13(11)17-15(18)14-9-8-12(10-16)19-14;/h3-4,6-7,12,14H,2,5,8-10,16H2,1H3,(H,17,18);1H/t12-,14+;/m1./s1. The van der Waals surface area contributed by atoms with E-state index in [0.29, 0.717) is 6.54 Å². The van der Waals surface area contributed by atoms with E-state index in [0.717, 1.165) is 31.4 Å². The van der Waals surface area contributed by atoms with E-state index >= 15 is 0 Å². The van der Waals surface area contributed by atoms with E-state index in [-0.39, 0.29) is 30.5 Å². The predicted octanol–water partition coefficient (Wildman–Crippen LogP) is 2.51. The van der Waals surface area contributed by atoms with Crippen molar-refractivity contribution in [1.82, 2.24) is 0 Å². The van der Waals surface area contributed by atoms with Crippen molar-refractivity contribution in [2.45, 2.75) is 44.8 Å². The summed E-state index contributed by atoms with van der Waals surface area (Å²) < 4.78 is 5.61. The van der Waals surface area contributed by atoms with Crippen molar-refractivity contribution >= 4 is 24.0 Å². The fourth-order valence-corrected chi connectivity index (χ4v) is 2.41. The predicted molar refractivity (Wildman–Crippen MR) is 83.3 cm³/mol. The highest BCUT2D eigenvalue weighted by molar-refractivity contribution is 5.95. The number of benzene rings is 1. The Morgan fingerprint density at radius 1 is 1.40 bits per heavy atom. The van der Waals surface area contributed by atoms with Gasteiger partial charge in [-0.05, 0) is 30.9 Å². The molecule has 1 aromatic carbocycles. The number of ether oxygens (including phenoxy) is 1. The van der Waals surface area contributed by atoms with Crippen molar-refractivity contribution in [2.24, 2.45) is 5.73 Å². The fourth-order valence-electron chi connectivity index (χ4n) is 2.41. The van der Waals surface area contributed by atoms with Crippen LogP contribution in [0.15, 0.2) is 24.3 Å². The van der Waals surface area contributed by atoms with Gasteiger partial charge in [0.25, 0.3) is 5.91 Å². The van der Waals surface area contributed by atoms with Gasteiger partial charge in [0.1, 0.15) is 6.10 Å². The molecule has 0 spiro atoms. The minimum absolute atomic E-state index is 0. The molecule has 4 nitrogen and oxygen atoms in total. The molecule has 1 aliphatic heterocycles. The van der Waals surface area contributed by atoms with E-state index in [4.69, 9.17) is 10.5 Å². The average molecular weight is 299 g/mol. The summed E-state index contributed by atoms with van der Waals surface area (Å²) in [6.45, 7) is 2.61. The molecule has 1 aliphatic rings. The van der Waals surface area contributed by atoms with E-state index in [2.05, 4.69) is 18.3 Å². The van der Waals surface area contributed by atoms with Gasteiger partial charge in [0.2, 0.25) is 0 Å². The lowest BCUT2D eigenvalue weighted by molar-refractivity contribution is -0.126. The van der Waals surface area contributed by atoms with Crippen molar-refractivity contribution in [3.05, 3.63) is 29.8 Å². The summed E-state index contributed by atoms with van der Waals surface area (Å²) in [5.74, 6) is -0.0560. The van der Waals surface area contributed by atoms with Crippen molar-refractivity contribution in [3.8, 4) is 0 Å². The number of amides is 1. The molecule has 20 heavy (non-hydrogen) atoms. The number of halogens is 1. The average Bonchev–Trinajstić information content (AvgIpc) is 2.90. The quantitative estimate of drug-likeness (QED) is 0.878. The summed E-state index contributed by atoms with van der Waals surface area (Å²) in [6.07, 6.45) is 3.31. The lowest BCUT2D eigenvalue weighted by atomic mass is 10.1. The van der Waals surface area contributed by atoms with Crippen LogP contribution in [-0.2, 0) is 16.0 Å². The second-order valence-corrected chi connectivity index (χ2v) is 4.96. The van der Waals surface area contributed by atoms with Gasteiger partial charge >= 0.3 is 0 Å². The van der Waals surface area contributed by atoms with Gasteiger partial charge in [-0.15, -0.1) is 12.4 Å². The Labute approximate surface area is 126 Å². The molecule has 0 saturated carbocycles. The van der Waals surface area contributed by atoms with Crippen LogP contribution in [0.5, 0.6) is 0 Å². The topological polar surface area (TPSA) is 64.4 Å². The first-order valence-corrected chi connectivity index (χ1v) is 6.99. The van der Waals surface area contributed by atoms with Crippen LogP contribution in [0.25, 0.3) is 0 Å². The molecule has 0 unspecified atom stereocenters. The first kappa shape index (κ1) is 17.0. The highest BCUT2D eigenvalue weighted by Gasteiger charge is 2.29. The fraction of sp³-hybridized carbons (Fsp3) is 0.533. The third-order valence-corrected chi connectivity index (χ3v) is 3.46. The lowest BCUT2D eigenvalue weighted by Gasteiger charge is -2.15. The highest BCUT2D eigenvalue weighted by atomic mass is 35.5. The summed E-state index contributed by atoms with van der Waals surface area (Å²) >= 11 is 0. The van der Waals surface area contributed by atoms with Gasteiger partial charge < -0.3 is 15.8 Å². The first-order chi connectivity index (χ1) is 9.24. The molecule has 1 saturated heterocycles. The Morgan fingerprint density at radius 3 is 2.80 bits per heavy atom. The number of hydrogen-bond donors (Lipinski definition) is 2. The molecule has 0 aliphatic carbocycles. The second kappa shape index (κ2) is 8.25. The number of para-hydroxylation sites is 1. The molecule has 2 atom stereocenters. The van der Waals surface area contributed by atoms with Crippen LogP contribution in [0.4, 0.5) is 5.69 Å². The van der Waals surface area contributed by atoms with E-state index in [1.807, 2.05) is 18.2 Å².